The zero-order valence-corrected chi connectivity index (χ0v) is 13.5. The van der Waals surface area contributed by atoms with Gasteiger partial charge in [0.1, 0.15) is 5.88 Å². The van der Waals surface area contributed by atoms with Crippen LogP contribution >= 0.6 is 11.6 Å². The third-order valence-electron chi connectivity index (χ3n) is 4.26. The second-order valence-electron chi connectivity index (χ2n) is 5.72. The van der Waals surface area contributed by atoms with E-state index in [0.29, 0.717) is 19.5 Å². The van der Waals surface area contributed by atoms with Crippen molar-refractivity contribution in [3.63, 3.8) is 0 Å². The zero-order chi connectivity index (χ0) is 17.3. The first kappa shape index (κ1) is 16.8. The minimum absolute atomic E-state index is 0.0477. The van der Waals surface area contributed by atoms with Crippen LogP contribution in [0, 0.1) is 0 Å². The molecule has 0 unspecified atom stereocenters. The van der Waals surface area contributed by atoms with Gasteiger partial charge in [-0.2, -0.15) is 13.2 Å². The van der Waals surface area contributed by atoms with Crippen molar-refractivity contribution in [2.45, 2.75) is 19.1 Å². The Morgan fingerprint density at radius 2 is 1.83 bits per heavy atom. The van der Waals surface area contributed by atoms with Gasteiger partial charge in [0.25, 0.3) is 0 Å². The van der Waals surface area contributed by atoms with Crippen LogP contribution in [0.5, 0.6) is 0 Å². The van der Waals surface area contributed by atoms with Crippen molar-refractivity contribution >= 4 is 17.5 Å². The Labute approximate surface area is 142 Å². The van der Waals surface area contributed by atoms with Crippen LogP contribution < -0.4 is 0 Å². The summed E-state index contributed by atoms with van der Waals surface area (Å²) in [7, 11) is 0. The number of hydrogen-bond acceptors (Lipinski definition) is 1. The summed E-state index contributed by atoms with van der Waals surface area (Å²) in [6.45, 7) is 1.05. The molecule has 0 fully saturated rings. The molecule has 0 bridgehead atoms. The molecule has 1 heterocycles. The second-order valence-corrected chi connectivity index (χ2v) is 5.98. The van der Waals surface area contributed by atoms with Gasteiger partial charge in [-0.05, 0) is 40.8 Å². The van der Waals surface area contributed by atoms with Crippen LogP contribution in [0.25, 0.3) is 11.1 Å². The molecule has 0 spiro atoms. The van der Waals surface area contributed by atoms with E-state index < -0.39 is 11.7 Å². The van der Waals surface area contributed by atoms with Crippen molar-refractivity contribution in [2.75, 3.05) is 12.4 Å². The fourth-order valence-electron chi connectivity index (χ4n) is 3.02. The lowest BCUT2D eigenvalue weighted by atomic mass is 9.90. The summed E-state index contributed by atoms with van der Waals surface area (Å²) in [4.78, 5) is 13.5. The van der Waals surface area contributed by atoms with Crippen molar-refractivity contribution in [2.24, 2.45) is 0 Å². The maximum absolute atomic E-state index is 12.7. The molecule has 1 aliphatic heterocycles. The van der Waals surface area contributed by atoms with E-state index in [4.69, 9.17) is 11.6 Å². The largest absolute Gasteiger partial charge is 0.416 e. The van der Waals surface area contributed by atoms with Crippen LogP contribution in [0.4, 0.5) is 13.2 Å². The van der Waals surface area contributed by atoms with Crippen molar-refractivity contribution in [1.29, 1.82) is 0 Å². The third-order valence-corrected chi connectivity index (χ3v) is 4.48. The maximum atomic E-state index is 12.7. The molecule has 3 rings (SSSR count). The van der Waals surface area contributed by atoms with E-state index in [2.05, 4.69) is 0 Å². The number of carbonyl (C=O) groups excluding carboxylic acids is 1. The number of amides is 1. The molecular formula is C18H15ClF3NO. The highest BCUT2D eigenvalue weighted by Crippen LogP contribution is 2.34. The monoisotopic (exact) mass is 353 g/mol. The minimum atomic E-state index is -4.34. The molecule has 24 heavy (non-hydrogen) atoms. The summed E-state index contributed by atoms with van der Waals surface area (Å²) in [5, 5.41) is 0. The standard InChI is InChI=1S/C18H15ClF3NO/c19-10-17(24)23-9-8-16-13(11-23)2-1-3-15(16)12-4-6-14(7-5-12)18(20,21)22/h1-7H,8-11H2. The number of hydrogen-bond donors (Lipinski definition) is 0. The Balaban J connectivity index is 1.93. The number of nitrogens with zero attached hydrogens (tertiary/aromatic N) is 1. The van der Waals surface area contributed by atoms with E-state index in [9.17, 15) is 18.0 Å². The van der Waals surface area contributed by atoms with E-state index in [1.807, 2.05) is 18.2 Å². The fraction of sp³-hybridized carbons (Fsp3) is 0.278. The maximum Gasteiger partial charge on any atom is 0.416 e. The van der Waals surface area contributed by atoms with Crippen molar-refractivity contribution < 1.29 is 18.0 Å². The molecule has 2 aromatic carbocycles. The first-order valence-corrected chi connectivity index (χ1v) is 8.05. The van der Waals surface area contributed by atoms with E-state index >= 15 is 0 Å². The molecule has 1 aliphatic rings. The molecule has 0 saturated heterocycles. The van der Waals surface area contributed by atoms with Gasteiger partial charge in [0.2, 0.25) is 5.91 Å². The van der Waals surface area contributed by atoms with E-state index in [-0.39, 0.29) is 11.8 Å². The Morgan fingerprint density at radius 1 is 1.12 bits per heavy atom. The van der Waals surface area contributed by atoms with Crippen molar-refractivity contribution in [1.82, 2.24) is 4.90 Å². The number of carbonyl (C=O) groups is 1. The number of rotatable bonds is 2. The lowest BCUT2D eigenvalue weighted by Gasteiger charge is -2.30. The van der Waals surface area contributed by atoms with E-state index in [0.717, 1.165) is 34.4 Å². The van der Waals surface area contributed by atoms with Gasteiger partial charge >= 0.3 is 6.18 Å². The first-order valence-electron chi connectivity index (χ1n) is 7.52. The lowest BCUT2D eigenvalue weighted by molar-refractivity contribution is -0.137. The molecule has 0 aliphatic carbocycles. The van der Waals surface area contributed by atoms with Crippen LogP contribution in [-0.4, -0.2) is 23.2 Å². The summed E-state index contributed by atoms with van der Waals surface area (Å²) >= 11 is 5.61. The van der Waals surface area contributed by atoms with Gasteiger partial charge in [-0.25, -0.2) is 0 Å². The highest BCUT2D eigenvalue weighted by Gasteiger charge is 2.30. The number of benzene rings is 2. The Bertz CT molecular complexity index is 756. The van der Waals surface area contributed by atoms with Gasteiger partial charge in [0.05, 0.1) is 5.56 Å². The highest BCUT2D eigenvalue weighted by molar-refractivity contribution is 6.27. The summed E-state index contributed by atoms with van der Waals surface area (Å²) in [6.07, 6.45) is -3.67. The van der Waals surface area contributed by atoms with Crippen molar-refractivity contribution in [3.05, 3.63) is 59.2 Å². The van der Waals surface area contributed by atoms with Gasteiger partial charge in [0.15, 0.2) is 0 Å². The van der Waals surface area contributed by atoms with Crippen LogP contribution in [0.2, 0.25) is 0 Å². The number of alkyl halides is 4. The second kappa shape index (κ2) is 6.48. The summed E-state index contributed by atoms with van der Waals surface area (Å²) in [5.74, 6) is -0.157. The summed E-state index contributed by atoms with van der Waals surface area (Å²) < 4.78 is 38.1. The molecule has 126 valence electrons. The quantitative estimate of drug-likeness (QED) is 0.728. The molecule has 1 amide bonds. The number of fused-ring (bicyclic) bond motifs is 1. The van der Waals surface area contributed by atoms with Gasteiger partial charge in [-0.3, -0.25) is 4.79 Å². The third kappa shape index (κ3) is 3.26. The predicted molar refractivity (Wildman–Crippen MR) is 86.7 cm³/mol. The van der Waals surface area contributed by atoms with Crippen LogP contribution in [0.1, 0.15) is 16.7 Å². The van der Waals surface area contributed by atoms with Crippen LogP contribution in [0.15, 0.2) is 42.5 Å². The van der Waals surface area contributed by atoms with Gasteiger partial charge in [-0.1, -0.05) is 30.3 Å². The molecule has 0 radical (unpaired) electrons. The molecule has 0 atom stereocenters. The predicted octanol–water partition coefficient (Wildman–Crippen LogP) is 4.50. The topological polar surface area (TPSA) is 20.3 Å². The lowest BCUT2D eigenvalue weighted by Crippen LogP contribution is -2.36. The molecule has 0 N–H and O–H groups in total. The molecule has 0 aromatic heterocycles. The highest BCUT2D eigenvalue weighted by atomic mass is 35.5. The van der Waals surface area contributed by atoms with Crippen LogP contribution in [0.3, 0.4) is 0 Å². The zero-order valence-electron chi connectivity index (χ0n) is 12.7. The smallest absolute Gasteiger partial charge is 0.337 e. The van der Waals surface area contributed by atoms with Gasteiger partial charge in [0, 0.05) is 13.1 Å². The van der Waals surface area contributed by atoms with Crippen molar-refractivity contribution in [3.8, 4) is 11.1 Å². The van der Waals surface area contributed by atoms with E-state index in [1.165, 1.54) is 12.1 Å². The molecule has 0 saturated carbocycles. The summed E-state index contributed by atoms with van der Waals surface area (Å²) in [6, 6.07) is 10.9. The summed E-state index contributed by atoms with van der Waals surface area (Å²) in [5.41, 5.74) is 3.10. The van der Waals surface area contributed by atoms with E-state index in [1.54, 1.807) is 4.90 Å². The normalized spacial score (nSPS) is 14.4. The Kier molecular flexibility index (Phi) is 4.54. The fourth-order valence-corrected chi connectivity index (χ4v) is 3.19. The average molecular weight is 354 g/mol. The average Bonchev–Trinajstić information content (AvgIpc) is 2.59. The molecule has 2 nitrogen and oxygen atoms in total. The van der Waals surface area contributed by atoms with Crippen LogP contribution in [-0.2, 0) is 23.9 Å². The Morgan fingerprint density at radius 3 is 2.46 bits per heavy atom. The minimum Gasteiger partial charge on any atom is -0.337 e. The number of halogens is 4. The molecular weight excluding hydrogens is 339 g/mol. The molecule has 6 heteroatoms. The SMILES string of the molecule is O=C(CCl)N1CCc2c(cccc2-c2ccc(C(F)(F)F)cc2)C1. The first-order chi connectivity index (χ1) is 11.4. The van der Waals surface area contributed by atoms with Gasteiger partial charge in [-0.15, -0.1) is 11.6 Å². The Hall–Kier alpha value is -2.01. The molecule has 2 aromatic rings. The van der Waals surface area contributed by atoms with Gasteiger partial charge < -0.3 is 4.90 Å².